The minimum absolute atomic E-state index is 0.800. The number of pyridine rings is 1. The van der Waals surface area contributed by atoms with E-state index in [1.807, 2.05) is 24.3 Å². The molecule has 0 unspecified atom stereocenters. The van der Waals surface area contributed by atoms with Crippen LogP contribution in [0.1, 0.15) is 5.56 Å². The summed E-state index contributed by atoms with van der Waals surface area (Å²) >= 11 is 0. The van der Waals surface area contributed by atoms with E-state index in [9.17, 15) is 0 Å². The Hall–Kier alpha value is -2.23. The van der Waals surface area contributed by atoms with Crippen LogP contribution in [0.15, 0.2) is 43.0 Å². The summed E-state index contributed by atoms with van der Waals surface area (Å²) in [6.45, 7) is 2.07. The molecule has 3 rings (SSSR count). The molecule has 0 N–H and O–H groups in total. The molecule has 4 nitrogen and oxygen atoms in total. The number of hydrogen-bond acceptors (Lipinski definition) is 3. The minimum atomic E-state index is 0.800. The van der Waals surface area contributed by atoms with E-state index in [1.165, 1.54) is 17.3 Å². The molecule has 0 amide bonds. The van der Waals surface area contributed by atoms with Crippen molar-refractivity contribution in [3.8, 4) is 5.82 Å². The van der Waals surface area contributed by atoms with Gasteiger partial charge in [0.05, 0.1) is 5.52 Å². The molecule has 2 aromatic heterocycles. The summed E-state index contributed by atoms with van der Waals surface area (Å²) in [5.74, 6) is 0.800. The van der Waals surface area contributed by atoms with Gasteiger partial charge in [-0.25, -0.2) is 14.6 Å². The fraction of sp³-hybridized carbons (Fsp3) is 0.0833. The molecule has 16 heavy (non-hydrogen) atoms. The average molecular weight is 210 g/mol. The Morgan fingerprint density at radius 3 is 2.88 bits per heavy atom. The van der Waals surface area contributed by atoms with Crippen LogP contribution in [0.3, 0.4) is 0 Å². The first-order valence-corrected chi connectivity index (χ1v) is 5.06. The van der Waals surface area contributed by atoms with Crippen LogP contribution < -0.4 is 0 Å². The third-order valence-electron chi connectivity index (χ3n) is 2.56. The first-order chi connectivity index (χ1) is 7.84. The SMILES string of the molecule is Cc1cc(-n2cncn2)nc2ccccc12. The zero-order valence-electron chi connectivity index (χ0n) is 8.83. The Labute approximate surface area is 92.6 Å². The van der Waals surface area contributed by atoms with Crippen molar-refractivity contribution in [1.82, 2.24) is 19.7 Å². The van der Waals surface area contributed by atoms with Gasteiger partial charge in [-0.2, -0.15) is 5.10 Å². The highest BCUT2D eigenvalue weighted by molar-refractivity contribution is 5.82. The van der Waals surface area contributed by atoms with Crippen molar-refractivity contribution in [2.45, 2.75) is 6.92 Å². The fourth-order valence-electron chi connectivity index (χ4n) is 1.78. The highest BCUT2D eigenvalue weighted by atomic mass is 15.3. The van der Waals surface area contributed by atoms with Crippen molar-refractivity contribution in [2.75, 3.05) is 0 Å². The molecule has 0 spiro atoms. The Morgan fingerprint density at radius 1 is 1.19 bits per heavy atom. The summed E-state index contributed by atoms with van der Waals surface area (Å²) in [5.41, 5.74) is 2.17. The van der Waals surface area contributed by atoms with E-state index in [-0.39, 0.29) is 0 Å². The molecule has 0 radical (unpaired) electrons. The van der Waals surface area contributed by atoms with E-state index in [0.717, 1.165) is 11.3 Å². The quantitative estimate of drug-likeness (QED) is 0.618. The summed E-state index contributed by atoms with van der Waals surface area (Å²) in [6.07, 6.45) is 3.16. The van der Waals surface area contributed by atoms with Crippen LogP contribution >= 0.6 is 0 Å². The molecule has 3 aromatic rings. The summed E-state index contributed by atoms with van der Waals surface area (Å²) in [7, 11) is 0. The van der Waals surface area contributed by atoms with Crippen molar-refractivity contribution < 1.29 is 0 Å². The molecule has 2 heterocycles. The smallest absolute Gasteiger partial charge is 0.156 e. The van der Waals surface area contributed by atoms with Gasteiger partial charge in [0.1, 0.15) is 12.7 Å². The molecule has 4 heteroatoms. The molecular weight excluding hydrogens is 200 g/mol. The number of aromatic nitrogens is 4. The van der Waals surface area contributed by atoms with Crippen LogP contribution in [0.2, 0.25) is 0 Å². The van der Waals surface area contributed by atoms with E-state index in [4.69, 9.17) is 0 Å². The van der Waals surface area contributed by atoms with Gasteiger partial charge >= 0.3 is 0 Å². The van der Waals surface area contributed by atoms with E-state index < -0.39 is 0 Å². The Balaban J connectivity index is 2.29. The number of para-hydroxylation sites is 1. The maximum atomic E-state index is 4.54. The van der Waals surface area contributed by atoms with Crippen LogP contribution in [0, 0.1) is 6.92 Å². The monoisotopic (exact) mass is 210 g/mol. The second-order valence-corrected chi connectivity index (χ2v) is 3.65. The average Bonchev–Trinajstić information content (AvgIpc) is 2.82. The molecule has 0 saturated carbocycles. The third kappa shape index (κ3) is 1.35. The highest BCUT2D eigenvalue weighted by Crippen LogP contribution is 2.18. The Kier molecular flexibility index (Phi) is 1.93. The second-order valence-electron chi connectivity index (χ2n) is 3.65. The van der Waals surface area contributed by atoms with Crippen LogP contribution in [-0.4, -0.2) is 19.7 Å². The van der Waals surface area contributed by atoms with Gasteiger partial charge in [0.25, 0.3) is 0 Å². The molecular formula is C12H10N4. The molecule has 0 bridgehead atoms. The minimum Gasteiger partial charge on any atom is -0.229 e. The van der Waals surface area contributed by atoms with Gasteiger partial charge in [0.15, 0.2) is 5.82 Å². The maximum Gasteiger partial charge on any atom is 0.156 e. The van der Waals surface area contributed by atoms with E-state index in [1.54, 1.807) is 11.0 Å². The molecule has 78 valence electrons. The van der Waals surface area contributed by atoms with Crippen molar-refractivity contribution >= 4 is 10.9 Å². The van der Waals surface area contributed by atoms with Crippen LogP contribution in [-0.2, 0) is 0 Å². The van der Waals surface area contributed by atoms with Crippen LogP contribution in [0.5, 0.6) is 0 Å². The van der Waals surface area contributed by atoms with Gasteiger partial charge in [-0.3, -0.25) is 0 Å². The fourth-order valence-corrected chi connectivity index (χ4v) is 1.78. The Bertz CT molecular complexity index is 629. The van der Waals surface area contributed by atoms with Crippen molar-refractivity contribution in [2.24, 2.45) is 0 Å². The number of benzene rings is 1. The number of nitrogens with zero attached hydrogens (tertiary/aromatic N) is 4. The zero-order valence-corrected chi connectivity index (χ0v) is 8.83. The first kappa shape index (κ1) is 9.03. The van der Waals surface area contributed by atoms with Gasteiger partial charge in [-0.1, -0.05) is 18.2 Å². The van der Waals surface area contributed by atoms with Gasteiger partial charge < -0.3 is 0 Å². The molecule has 0 saturated heterocycles. The van der Waals surface area contributed by atoms with Crippen molar-refractivity contribution in [1.29, 1.82) is 0 Å². The number of rotatable bonds is 1. The van der Waals surface area contributed by atoms with Gasteiger partial charge in [-0.15, -0.1) is 0 Å². The highest BCUT2D eigenvalue weighted by Gasteiger charge is 2.03. The molecule has 0 aliphatic rings. The largest absolute Gasteiger partial charge is 0.229 e. The van der Waals surface area contributed by atoms with Crippen LogP contribution in [0.4, 0.5) is 0 Å². The van der Waals surface area contributed by atoms with E-state index in [0.29, 0.717) is 0 Å². The van der Waals surface area contributed by atoms with E-state index in [2.05, 4.69) is 28.1 Å². The molecule has 1 aromatic carbocycles. The third-order valence-corrected chi connectivity index (χ3v) is 2.56. The van der Waals surface area contributed by atoms with Gasteiger partial charge in [-0.05, 0) is 24.6 Å². The molecule has 0 aliphatic carbocycles. The maximum absolute atomic E-state index is 4.54. The Morgan fingerprint density at radius 2 is 2.06 bits per heavy atom. The van der Waals surface area contributed by atoms with Gasteiger partial charge in [0, 0.05) is 5.39 Å². The molecule has 0 aliphatic heterocycles. The van der Waals surface area contributed by atoms with Gasteiger partial charge in [0.2, 0.25) is 0 Å². The molecule has 0 fully saturated rings. The summed E-state index contributed by atoms with van der Waals surface area (Å²) in [5, 5.41) is 5.25. The lowest BCUT2D eigenvalue weighted by atomic mass is 10.1. The topological polar surface area (TPSA) is 43.6 Å². The standard InChI is InChI=1S/C12H10N4/c1-9-6-12(16-8-13-7-14-16)15-11-5-3-2-4-10(9)11/h2-8H,1H3. The van der Waals surface area contributed by atoms with Crippen molar-refractivity contribution in [3.05, 3.63) is 48.5 Å². The normalized spacial score (nSPS) is 10.8. The lowest BCUT2D eigenvalue weighted by molar-refractivity contribution is 0.849. The first-order valence-electron chi connectivity index (χ1n) is 5.06. The lowest BCUT2D eigenvalue weighted by Gasteiger charge is -2.05. The predicted octanol–water partition coefficient (Wildman–Crippen LogP) is 2.12. The summed E-state index contributed by atoms with van der Waals surface area (Å²) in [4.78, 5) is 8.46. The van der Waals surface area contributed by atoms with Crippen molar-refractivity contribution in [3.63, 3.8) is 0 Å². The van der Waals surface area contributed by atoms with Crippen LogP contribution in [0.25, 0.3) is 16.7 Å². The second kappa shape index (κ2) is 3.41. The number of hydrogen-bond donors (Lipinski definition) is 0. The number of aryl methyl sites for hydroxylation is 1. The van der Waals surface area contributed by atoms with E-state index >= 15 is 0 Å². The lowest BCUT2D eigenvalue weighted by Crippen LogP contribution is -1.99. The summed E-state index contributed by atoms with van der Waals surface area (Å²) in [6, 6.07) is 10.1. The summed E-state index contributed by atoms with van der Waals surface area (Å²) < 4.78 is 1.67. The predicted molar refractivity (Wildman–Crippen MR) is 61.4 cm³/mol. The molecule has 0 atom stereocenters. The number of fused-ring (bicyclic) bond motifs is 1. The zero-order chi connectivity index (χ0) is 11.0.